The molecule has 32 heavy (non-hydrogen) atoms. The Hall–Kier alpha value is -2.55. The number of esters is 1. The van der Waals surface area contributed by atoms with Gasteiger partial charge in [0.25, 0.3) is 0 Å². The van der Waals surface area contributed by atoms with E-state index in [1.165, 1.54) is 24.0 Å². The SMILES string of the molecule is O=C(OCc1ccc(Cl)c(C(F)(F)F)c1)C(CSc1ccccc1)C(O)c1cccnc1. The number of ether oxygens (including phenoxy) is 1. The van der Waals surface area contributed by atoms with Gasteiger partial charge < -0.3 is 9.84 Å². The summed E-state index contributed by atoms with van der Waals surface area (Å²) < 4.78 is 44.5. The first kappa shape index (κ1) is 24.1. The number of carbonyl (C=O) groups excluding carboxylic acids is 1. The number of aromatic nitrogens is 1. The minimum atomic E-state index is -4.62. The van der Waals surface area contributed by atoms with Crippen LogP contribution in [0.5, 0.6) is 0 Å². The van der Waals surface area contributed by atoms with Crippen LogP contribution in [0, 0.1) is 5.92 Å². The number of thioether (sulfide) groups is 1. The fourth-order valence-corrected chi connectivity index (χ4v) is 4.18. The van der Waals surface area contributed by atoms with E-state index in [1.807, 2.05) is 30.3 Å². The van der Waals surface area contributed by atoms with Gasteiger partial charge in [0.1, 0.15) is 6.61 Å². The summed E-state index contributed by atoms with van der Waals surface area (Å²) >= 11 is 7.00. The molecule has 0 fully saturated rings. The van der Waals surface area contributed by atoms with Crippen LogP contribution >= 0.6 is 23.4 Å². The summed E-state index contributed by atoms with van der Waals surface area (Å²) in [7, 11) is 0. The topological polar surface area (TPSA) is 59.4 Å². The Morgan fingerprint density at radius 3 is 2.53 bits per heavy atom. The fourth-order valence-electron chi connectivity index (χ4n) is 2.91. The number of benzene rings is 2. The minimum Gasteiger partial charge on any atom is -0.460 e. The first-order valence-corrected chi connectivity index (χ1v) is 10.9. The summed E-state index contributed by atoms with van der Waals surface area (Å²) in [5.74, 6) is -1.49. The Morgan fingerprint density at radius 1 is 1.12 bits per heavy atom. The van der Waals surface area contributed by atoms with Gasteiger partial charge in [0.05, 0.1) is 22.6 Å². The van der Waals surface area contributed by atoms with Crippen molar-refractivity contribution in [2.75, 3.05) is 5.75 Å². The maximum absolute atomic E-state index is 13.1. The third kappa shape index (κ3) is 6.48. The zero-order chi connectivity index (χ0) is 23.1. The molecule has 9 heteroatoms. The van der Waals surface area contributed by atoms with E-state index in [2.05, 4.69) is 4.98 Å². The van der Waals surface area contributed by atoms with E-state index in [0.717, 1.165) is 17.0 Å². The van der Waals surface area contributed by atoms with Crippen LogP contribution in [0.25, 0.3) is 0 Å². The number of aliphatic hydroxyl groups is 1. The van der Waals surface area contributed by atoms with Crippen molar-refractivity contribution in [2.45, 2.75) is 23.8 Å². The predicted octanol–water partition coefficient (Wildman–Crippen LogP) is 5.94. The summed E-state index contributed by atoms with van der Waals surface area (Å²) in [6, 6.07) is 15.9. The zero-order valence-corrected chi connectivity index (χ0v) is 18.2. The highest BCUT2D eigenvalue weighted by atomic mass is 35.5. The maximum Gasteiger partial charge on any atom is 0.417 e. The molecule has 0 aliphatic rings. The van der Waals surface area contributed by atoms with Crippen LogP contribution in [-0.2, 0) is 22.3 Å². The molecule has 2 unspecified atom stereocenters. The van der Waals surface area contributed by atoms with Gasteiger partial charge in [0, 0.05) is 23.0 Å². The third-order valence-electron chi connectivity index (χ3n) is 4.60. The van der Waals surface area contributed by atoms with Gasteiger partial charge in [0.15, 0.2) is 0 Å². The number of nitrogens with zero attached hydrogens (tertiary/aromatic N) is 1. The van der Waals surface area contributed by atoms with Crippen LogP contribution in [0.15, 0.2) is 78.0 Å². The number of hydrogen-bond donors (Lipinski definition) is 1. The van der Waals surface area contributed by atoms with Crippen LogP contribution in [0.3, 0.4) is 0 Å². The molecule has 2 atom stereocenters. The quantitative estimate of drug-likeness (QED) is 0.319. The van der Waals surface area contributed by atoms with Crippen LogP contribution in [0.2, 0.25) is 5.02 Å². The van der Waals surface area contributed by atoms with Crippen molar-refractivity contribution in [3.8, 4) is 0 Å². The first-order valence-electron chi connectivity index (χ1n) is 9.54. The highest BCUT2D eigenvalue weighted by Gasteiger charge is 2.34. The normalized spacial score (nSPS) is 13.4. The lowest BCUT2D eigenvalue weighted by atomic mass is 9.99. The second-order valence-corrected chi connectivity index (χ2v) is 8.38. The molecule has 1 N–H and O–H groups in total. The first-order chi connectivity index (χ1) is 15.3. The molecule has 4 nitrogen and oxygen atoms in total. The molecule has 2 aromatic carbocycles. The van der Waals surface area contributed by atoms with E-state index < -0.39 is 34.8 Å². The van der Waals surface area contributed by atoms with Crippen molar-refractivity contribution in [3.05, 3.63) is 94.8 Å². The van der Waals surface area contributed by atoms with Gasteiger partial charge in [-0.15, -0.1) is 11.8 Å². The molecular weight excluding hydrogens is 463 g/mol. The number of hydrogen-bond acceptors (Lipinski definition) is 5. The number of rotatable bonds is 8. The Morgan fingerprint density at radius 2 is 1.88 bits per heavy atom. The summed E-state index contributed by atoms with van der Waals surface area (Å²) in [5, 5.41) is 10.4. The molecular formula is C23H19ClF3NO3S. The van der Waals surface area contributed by atoms with E-state index in [0.29, 0.717) is 5.56 Å². The summed E-state index contributed by atoms with van der Waals surface area (Å²) in [4.78, 5) is 17.7. The lowest BCUT2D eigenvalue weighted by molar-refractivity contribution is -0.153. The van der Waals surface area contributed by atoms with Gasteiger partial charge in [0.2, 0.25) is 0 Å². The average Bonchev–Trinajstić information content (AvgIpc) is 2.79. The molecule has 1 heterocycles. The molecule has 0 radical (unpaired) electrons. The zero-order valence-electron chi connectivity index (χ0n) is 16.6. The van der Waals surface area contributed by atoms with Crippen molar-refractivity contribution < 1.29 is 27.8 Å². The van der Waals surface area contributed by atoms with E-state index in [9.17, 15) is 23.1 Å². The average molecular weight is 482 g/mol. The van der Waals surface area contributed by atoms with Crippen molar-refractivity contribution in [3.63, 3.8) is 0 Å². The van der Waals surface area contributed by atoms with E-state index in [4.69, 9.17) is 16.3 Å². The maximum atomic E-state index is 13.1. The van der Waals surface area contributed by atoms with Crippen molar-refractivity contribution in [1.29, 1.82) is 0 Å². The number of pyridine rings is 1. The Labute approximate surface area is 192 Å². The lowest BCUT2D eigenvalue weighted by Crippen LogP contribution is -2.27. The molecule has 168 valence electrons. The van der Waals surface area contributed by atoms with Gasteiger partial charge in [-0.05, 0) is 41.5 Å². The fraction of sp³-hybridized carbons (Fsp3) is 0.217. The van der Waals surface area contributed by atoms with Crippen LogP contribution in [0.4, 0.5) is 13.2 Å². The number of carbonyl (C=O) groups is 1. The summed E-state index contributed by atoms with van der Waals surface area (Å²) in [6.45, 7) is -0.384. The molecule has 0 aliphatic heterocycles. The van der Waals surface area contributed by atoms with Crippen molar-refractivity contribution >= 4 is 29.3 Å². The Balaban J connectivity index is 1.74. The van der Waals surface area contributed by atoms with Gasteiger partial charge >= 0.3 is 12.1 Å². The molecule has 1 aromatic heterocycles. The van der Waals surface area contributed by atoms with Crippen molar-refractivity contribution in [2.24, 2.45) is 5.92 Å². The van der Waals surface area contributed by atoms with E-state index in [1.54, 1.807) is 18.3 Å². The molecule has 0 saturated carbocycles. The monoisotopic (exact) mass is 481 g/mol. The number of halogens is 4. The molecule has 3 rings (SSSR count). The number of alkyl halides is 3. The molecule has 0 aliphatic carbocycles. The molecule has 3 aromatic rings. The standard InChI is InChI=1S/C23H19ClF3NO3S/c24-20-9-8-15(11-19(20)23(25,26)27)13-31-22(30)18(14-32-17-6-2-1-3-7-17)21(29)16-5-4-10-28-12-16/h1-12,18,21,29H,13-14H2. The molecule has 0 bridgehead atoms. The minimum absolute atomic E-state index is 0.139. The Kier molecular flexibility index (Phi) is 8.17. The molecule has 0 saturated heterocycles. The van der Waals surface area contributed by atoms with Gasteiger partial charge in [-0.25, -0.2) is 0 Å². The highest BCUT2D eigenvalue weighted by molar-refractivity contribution is 7.99. The van der Waals surface area contributed by atoms with Gasteiger partial charge in [-0.2, -0.15) is 13.2 Å². The largest absolute Gasteiger partial charge is 0.460 e. The second kappa shape index (κ2) is 10.8. The molecule has 0 amide bonds. The highest BCUT2D eigenvalue weighted by Crippen LogP contribution is 2.35. The van der Waals surface area contributed by atoms with E-state index in [-0.39, 0.29) is 17.9 Å². The van der Waals surface area contributed by atoms with Crippen LogP contribution < -0.4 is 0 Å². The third-order valence-corrected chi connectivity index (χ3v) is 6.06. The Bertz CT molecular complexity index is 1040. The van der Waals surface area contributed by atoms with Crippen molar-refractivity contribution in [1.82, 2.24) is 4.98 Å². The van der Waals surface area contributed by atoms with E-state index >= 15 is 0 Å². The number of aliphatic hydroxyl groups excluding tert-OH is 1. The predicted molar refractivity (Wildman–Crippen MR) is 116 cm³/mol. The summed E-state index contributed by atoms with van der Waals surface area (Å²) in [5.41, 5.74) is -0.423. The lowest BCUT2D eigenvalue weighted by Gasteiger charge is -2.21. The van der Waals surface area contributed by atoms with Gasteiger partial charge in [-0.1, -0.05) is 41.9 Å². The van der Waals surface area contributed by atoms with Crippen LogP contribution in [-0.4, -0.2) is 21.8 Å². The molecule has 0 spiro atoms. The summed E-state index contributed by atoms with van der Waals surface area (Å²) in [6.07, 6.45) is -2.82. The van der Waals surface area contributed by atoms with Crippen LogP contribution in [0.1, 0.15) is 22.8 Å². The second-order valence-electron chi connectivity index (χ2n) is 6.88. The van der Waals surface area contributed by atoms with Gasteiger partial charge in [-0.3, -0.25) is 9.78 Å². The smallest absolute Gasteiger partial charge is 0.417 e.